The van der Waals surface area contributed by atoms with E-state index in [4.69, 9.17) is 0 Å². The standard InChI is InChI=1S/C25H39N3O3/c1-23(31)10-11-24(2)16(12-23)4-5-18-19-6-7-21(25(19,3)9-8-20(18)24)22(30)14-28-13-17(15-29)26-27-28/h13,16,18-21,29,31H,4-12,14-15H2,1-3H3/t16-,18+,19+,20+,21-,23-,24+,25+/m1/s1. The highest BCUT2D eigenvalue weighted by atomic mass is 16.3. The van der Waals surface area contributed by atoms with Crippen molar-refractivity contribution in [2.24, 2.45) is 40.4 Å². The molecule has 1 heterocycles. The molecule has 2 N–H and O–H groups in total. The van der Waals surface area contributed by atoms with Crippen molar-refractivity contribution in [2.75, 3.05) is 0 Å². The lowest BCUT2D eigenvalue weighted by Gasteiger charge is -2.61. The molecule has 0 spiro atoms. The van der Waals surface area contributed by atoms with Gasteiger partial charge in [-0.25, -0.2) is 4.68 Å². The topological polar surface area (TPSA) is 88.2 Å². The first-order valence-corrected chi connectivity index (χ1v) is 12.4. The van der Waals surface area contributed by atoms with Gasteiger partial charge in [-0.15, -0.1) is 5.10 Å². The second-order valence-electron chi connectivity index (χ2n) is 12.1. The molecule has 0 saturated heterocycles. The van der Waals surface area contributed by atoms with Crippen molar-refractivity contribution in [2.45, 2.75) is 97.3 Å². The maximum Gasteiger partial charge on any atom is 0.157 e. The molecule has 6 nitrogen and oxygen atoms in total. The van der Waals surface area contributed by atoms with Crippen LogP contribution in [-0.4, -0.2) is 36.6 Å². The third-order valence-electron chi connectivity index (χ3n) is 10.4. The van der Waals surface area contributed by atoms with E-state index in [1.54, 1.807) is 10.9 Å². The molecule has 0 aliphatic heterocycles. The van der Waals surface area contributed by atoms with Crippen LogP contribution in [0.15, 0.2) is 6.20 Å². The van der Waals surface area contributed by atoms with Gasteiger partial charge in [0.15, 0.2) is 5.78 Å². The molecule has 0 radical (unpaired) electrons. The van der Waals surface area contributed by atoms with E-state index in [-0.39, 0.29) is 30.3 Å². The van der Waals surface area contributed by atoms with Crippen LogP contribution >= 0.6 is 0 Å². The SMILES string of the molecule is C[C@@]1(O)CC[C@@]2(C)[C@H](CC[C@@H]3[C@@H]2CC[C@]2(C)[C@@H](C(=O)Cn4cc(CO)nn4)CC[C@@H]32)C1. The quantitative estimate of drug-likeness (QED) is 0.761. The van der Waals surface area contributed by atoms with Crippen molar-refractivity contribution in [1.82, 2.24) is 15.0 Å². The molecule has 4 aliphatic carbocycles. The van der Waals surface area contributed by atoms with Crippen molar-refractivity contribution in [3.05, 3.63) is 11.9 Å². The lowest BCUT2D eigenvalue weighted by atomic mass is 9.44. The van der Waals surface area contributed by atoms with Gasteiger partial charge in [-0.1, -0.05) is 19.1 Å². The number of carbonyl (C=O) groups excluding carboxylic acids is 1. The Hall–Kier alpha value is -1.27. The number of nitrogens with zero attached hydrogens (tertiary/aromatic N) is 3. The Balaban J connectivity index is 1.33. The largest absolute Gasteiger partial charge is 0.390 e. The third kappa shape index (κ3) is 3.40. The fraction of sp³-hybridized carbons (Fsp3) is 0.880. The Morgan fingerprint density at radius 2 is 1.84 bits per heavy atom. The summed E-state index contributed by atoms with van der Waals surface area (Å²) in [4.78, 5) is 13.3. The van der Waals surface area contributed by atoms with E-state index >= 15 is 0 Å². The zero-order valence-corrected chi connectivity index (χ0v) is 19.4. The summed E-state index contributed by atoms with van der Waals surface area (Å²) < 4.78 is 1.59. The highest BCUT2D eigenvalue weighted by molar-refractivity contribution is 5.82. The number of fused-ring (bicyclic) bond motifs is 5. The Morgan fingerprint density at radius 1 is 1.06 bits per heavy atom. The highest BCUT2D eigenvalue weighted by Crippen LogP contribution is 2.68. The van der Waals surface area contributed by atoms with Crippen LogP contribution in [0.5, 0.6) is 0 Å². The second kappa shape index (κ2) is 7.38. The number of aliphatic hydroxyl groups is 2. The van der Waals surface area contributed by atoms with Gasteiger partial charge in [-0.05, 0) is 99.2 Å². The first-order valence-electron chi connectivity index (χ1n) is 12.4. The van der Waals surface area contributed by atoms with Gasteiger partial charge in [0.1, 0.15) is 12.2 Å². The number of Topliss-reactive ketones (excluding diaryl/α,β-unsaturated/α-hetero) is 1. The molecule has 4 saturated carbocycles. The molecule has 4 aliphatic rings. The van der Waals surface area contributed by atoms with Crippen LogP contribution in [-0.2, 0) is 17.9 Å². The van der Waals surface area contributed by atoms with E-state index in [1.165, 1.54) is 25.7 Å². The Kier molecular flexibility index (Phi) is 5.13. The van der Waals surface area contributed by atoms with Gasteiger partial charge in [-0.2, -0.15) is 0 Å². The minimum absolute atomic E-state index is 0.0992. The summed E-state index contributed by atoms with van der Waals surface area (Å²) in [5.41, 5.74) is 0.487. The van der Waals surface area contributed by atoms with Crippen molar-refractivity contribution in [3.8, 4) is 0 Å². The van der Waals surface area contributed by atoms with Gasteiger partial charge < -0.3 is 10.2 Å². The van der Waals surface area contributed by atoms with Gasteiger partial charge in [0.05, 0.1) is 18.4 Å². The molecule has 6 heteroatoms. The smallest absolute Gasteiger partial charge is 0.157 e. The van der Waals surface area contributed by atoms with Gasteiger partial charge in [0.25, 0.3) is 0 Å². The van der Waals surface area contributed by atoms with Crippen molar-refractivity contribution < 1.29 is 15.0 Å². The van der Waals surface area contributed by atoms with Crippen LogP contribution in [0.25, 0.3) is 0 Å². The molecule has 1 aromatic rings. The van der Waals surface area contributed by atoms with E-state index < -0.39 is 5.60 Å². The van der Waals surface area contributed by atoms with E-state index in [0.29, 0.717) is 22.9 Å². The average molecular weight is 430 g/mol. The number of rotatable bonds is 4. The normalized spacial score (nSPS) is 46.8. The third-order valence-corrected chi connectivity index (χ3v) is 10.4. The van der Waals surface area contributed by atoms with Crippen LogP contribution in [0.4, 0.5) is 0 Å². The van der Waals surface area contributed by atoms with Crippen LogP contribution in [0.2, 0.25) is 0 Å². The van der Waals surface area contributed by atoms with Crippen LogP contribution in [0.3, 0.4) is 0 Å². The molecular formula is C25H39N3O3. The molecule has 8 atom stereocenters. The predicted octanol–water partition coefficient (Wildman–Crippen LogP) is 3.75. The maximum atomic E-state index is 13.3. The molecule has 5 rings (SSSR count). The zero-order chi connectivity index (χ0) is 22.0. The first kappa shape index (κ1) is 21.6. The molecule has 0 unspecified atom stereocenters. The van der Waals surface area contributed by atoms with E-state index in [2.05, 4.69) is 24.2 Å². The number of hydrogen-bond donors (Lipinski definition) is 2. The molecule has 0 bridgehead atoms. The number of aliphatic hydroxyl groups excluding tert-OH is 1. The summed E-state index contributed by atoms with van der Waals surface area (Å²) in [6.45, 7) is 7.07. The van der Waals surface area contributed by atoms with Gasteiger partial charge in [-0.3, -0.25) is 4.79 Å². The minimum Gasteiger partial charge on any atom is -0.390 e. The van der Waals surface area contributed by atoms with E-state index in [0.717, 1.165) is 43.9 Å². The molecule has 0 amide bonds. The molecule has 1 aromatic heterocycles. The summed E-state index contributed by atoms with van der Waals surface area (Å²) in [6.07, 6.45) is 11.8. The summed E-state index contributed by atoms with van der Waals surface area (Å²) >= 11 is 0. The predicted molar refractivity (Wildman–Crippen MR) is 117 cm³/mol. The highest BCUT2D eigenvalue weighted by Gasteiger charge is 2.61. The van der Waals surface area contributed by atoms with Gasteiger partial charge >= 0.3 is 0 Å². The monoisotopic (exact) mass is 429 g/mol. The first-order chi connectivity index (χ1) is 14.7. The van der Waals surface area contributed by atoms with Crippen LogP contribution in [0, 0.1) is 40.4 Å². The summed E-state index contributed by atoms with van der Waals surface area (Å²) in [7, 11) is 0. The maximum absolute atomic E-state index is 13.3. The van der Waals surface area contributed by atoms with Gasteiger partial charge in [0, 0.05) is 5.92 Å². The number of aromatic nitrogens is 3. The Morgan fingerprint density at radius 3 is 2.58 bits per heavy atom. The molecule has 4 fully saturated rings. The lowest BCUT2D eigenvalue weighted by molar-refractivity contribution is -0.151. The Labute approximate surface area is 185 Å². The zero-order valence-electron chi connectivity index (χ0n) is 19.4. The fourth-order valence-corrected chi connectivity index (χ4v) is 8.72. The van der Waals surface area contributed by atoms with Crippen LogP contribution in [0.1, 0.15) is 84.3 Å². The van der Waals surface area contributed by atoms with Crippen LogP contribution < -0.4 is 0 Å². The average Bonchev–Trinajstić information content (AvgIpc) is 3.31. The molecule has 31 heavy (non-hydrogen) atoms. The Bertz CT molecular complexity index is 851. The van der Waals surface area contributed by atoms with Gasteiger partial charge in [0.2, 0.25) is 0 Å². The summed E-state index contributed by atoms with van der Waals surface area (Å²) in [5.74, 6) is 3.16. The summed E-state index contributed by atoms with van der Waals surface area (Å²) in [5, 5.41) is 27.8. The molecule has 0 aromatic carbocycles. The lowest BCUT2D eigenvalue weighted by Crippen LogP contribution is -2.55. The van der Waals surface area contributed by atoms with Crippen molar-refractivity contribution in [3.63, 3.8) is 0 Å². The number of ketones is 1. The van der Waals surface area contributed by atoms with Crippen molar-refractivity contribution in [1.29, 1.82) is 0 Å². The van der Waals surface area contributed by atoms with Crippen molar-refractivity contribution >= 4 is 5.78 Å². The number of hydrogen-bond acceptors (Lipinski definition) is 5. The summed E-state index contributed by atoms with van der Waals surface area (Å²) in [6, 6.07) is 0. The van der Waals surface area contributed by atoms with E-state index in [1.807, 2.05) is 6.92 Å². The number of carbonyl (C=O) groups is 1. The second-order valence-corrected chi connectivity index (χ2v) is 12.1. The fourth-order valence-electron chi connectivity index (χ4n) is 8.72. The van der Waals surface area contributed by atoms with E-state index in [9.17, 15) is 15.0 Å². The molecular weight excluding hydrogens is 390 g/mol. The minimum atomic E-state index is -0.484. The molecule has 172 valence electrons.